The summed E-state index contributed by atoms with van der Waals surface area (Å²) in [6.45, 7) is 6.68. The van der Waals surface area contributed by atoms with Crippen molar-refractivity contribution >= 4 is 51.8 Å². The zero-order valence-corrected chi connectivity index (χ0v) is 41.9. The van der Waals surface area contributed by atoms with E-state index in [-0.39, 0.29) is 82.7 Å². The predicted octanol–water partition coefficient (Wildman–Crippen LogP) is 9.01. The molecule has 0 spiro atoms. The van der Waals surface area contributed by atoms with E-state index in [0.29, 0.717) is 30.5 Å². The number of anilines is 1. The highest BCUT2D eigenvalue weighted by molar-refractivity contribution is 6.34. The number of rotatable bonds is 14. The number of primary amides is 1. The van der Waals surface area contributed by atoms with E-state index in [1.165, 1.54) is 23.8 Å². The average Bonchev–Trinajstić information content (AvgIpc) is 3.68. The number of halogens is 3. The van der Waals surface area contributed by atoms with Gasteiger partial charge in [0.15, 0.2) is 17.2 Å². The number of nitrogens with one attached hydrogen (secondary N) is 2. The number of aliphatic hydroxyl groups excluding tert-OH is 1. The summed E-state index contributed by atoms with van der Waals surface area (Å²) in [5.41, 5.74) is 7.48. The highest BCUT2D eigenvalue weighted by atomic mass is 35.5. The lowest BCUT2D eigenvalue weighted by atomic mass is 9.77. The third kappa shape index (κ3) is 10.0. The monoisotopic (exact) mass is 1020 g/mol. The SMILES string of the molecule is CC1c2c(cc(F)c(Cl)c2-c2c(C(N)=O)ccc(OCCO)c2F)OC1(CNC1CCC(C(=O)N2CCC(CN3CCC(c4ccc5c(N6CCC(=O)NC6=O)cccc5c4)CC3)CC2)CC1)c1ccccc1. The molecule has 73 heavy (non-hydrogen) atoms. The van der Waals surface area contributed by atoms with Crippen LogP contribution in [0.15, 0.2) is 84.9 Å². The fourth-order valence-electron chi connectivity index (χ4n) is 12.3. The summed E-state index contributed by atoms with van der Waals surface area (Å²) >= 11 is 6.73. The Balaban J connectivity index is 0.731. The van der Waals surface area contributed by atoms with Gasteiger partial charge < -0.3 is 35.4 Å². The zero-order valence-electron chi connectivity index (χ0n) is 41.1. The first-order chi connectivity index (χ1) is 35.3. The second kappa shape index (κ2) is 21.4. The normalized spacial score (nSPS) is 23.1. The van der Waals surface area contributed by atoms with E-state index in [0.717, 1.165) is 106 Å². The van der Waals surface area contributed by atoms with Crippen LogP contribution >= 0.6 is 11.6 Å². The molecule has 5 aromatic carbocycles. The van der Waals surface area contributed by atoms with Crippen LogP contribution in [0.2, 0.25) is 5.02 Å². The number of likely N-dealkylation sites (tertiary alicyclic amines) is 2. The number of imide groups is 1. The maximum atomic E-state index is 16.5. The molecule has 0 radical (unpaired) electrons. The molecule has 16 heteroatoms. The smallest absolute Gasteiger partial charge is 0.328 e. The Labute approximate surface area is 429 Å². The van der Waals surface area contributed by atoms with Crippen molar-refractivity contribution in [2.24, 2.45) is 17.6 Å². The van der Waals surface area contributed by atoms with Gasteiger partial charge in [-0.05, 0) is 111 Å². The number of piperidine rings is 2. The van der Waals surface area contributed by atoms with Gasteiger partial charge in [0.1, 0.15) is 18.2 Å². The Morgan fingerprint density at radius 2 is 1.64 bits per heavy atom. The minimum atomic E-state index is -1.10. The van der Waals surface area contributed by atoms with E-state index in [1.807, 2.05) is 49.4 Å². The highest BCUT2D eigenvalue weighted by Crippen LogP contribution is 2.56. The third-order valence-corrected chi connectivity index (χ3v) is 16.7. The van der Waals surface area contributed by atoms with Gasteiger partial charge in [0, 0.05) is 85.2 Å². The van der Waals surface area contributed by atoms with Crippen molar-refractivity contribution in [3.05, 3.63) is 124 Å². The first kappa shape index (κ1) is 50.4. The number of nitrogens with two attached hydrogens (primary N) is 1. The van der Waals surface area contributed by atoms with Gasteiger partial charge in [-0.15, -0.1) is 0 Å². The number of hydrogen-bond donors (Lipinski definition) is 4. The lowest BCUT2D eigenvalue weighted by Gasteiger charge is -2.40. The summed E-state index contributed by atoms with van der Waals surface area (Å²) in [5.74, 6) is -2.41. The molecule has 10 rings (SSSR count). The van der Waals surface area contributed by atoms with E-state index >= 15 is 8.78 Å². The van der Waals surface area contributed by atoms with Crippen LogP contribution in [0.1, 0.15) is 104 Å². The maximum Gasteiger partial charge on any atom is 0.328 e. The van der Waals surface area contributed by atoms with Gasteiger partial charge in [0.05, 0.1) is 22.9 Å². The molecular formula is C57H63ClF2N6O7. The minimum Gasteiger partial charge on any atom is -0.488 e. The van der Waals surface area contributed by atoms with Crippen molar-refractivity contribution in [3.8, 4) is 22.6 Å². The van der Waals surface area contributed by atoms with Gasteiger partial charge in [-0.1, -0.05) is 79.2 Å². The summed E-state index contributed by atoms with van der Waals surface area (Å²) in [4.78, 5) is 57.5. The van der Waals surface area contributed by atoms with Gasteiger partial charge in [-0.2, -0.15) is 0 Å². The summed E-state index contributed by atoms with van der Waals surface area (Å²) in [6.07, 6.45) is 7.53. The van der Waals surface area contributed by atoms with Crippen molar-refractivity contribution in [2.75, 3.05) is 63.9 Å². The summed E-state index contributed by atoms with van der Waals surface area (Å²) in [5, 5.41) is 17.3. The van der Waals surface area contributed by atoms with Crippen LogP contribution in [0.25, 0.3) is 21.9 Å². The number of fused-ring (bicyclic) bond motifs is 2. The molecule has 3 saturated heterocycles. The van der Waals surface area contributed by atoms with Gasteiger partial charge in [-0.25, -0.2) is 13.6 Å². The van der Waals surface area contributed by atoms with Crippen LogP contribution < -0.4 is 30.7 Å². The molecule has 4 heterocycles. The lowest BCUT2D eigenvalue weighted by Crippen LogP contribution is -2.49. The summed E-state index contributed by atoms with van der Waals surface area (Å²) < 4.78 is 44.6. The molecule has 5 aromatic rings. The molecule has 1 aliphatic carbocycles. The molecular weight excluding hydrogens is 954 g/mol. The molecule has 2 atom stereocenters. The first-order valence-corrected chi connectivity index (χ1v) is 26.2. The molecule has 5 N–H and O–H groups in total. The van der Waals surface area contributed by atoms with Crippen LogP contribution in [0.5, 0.6) is 11.5 Å². The van der Waals surface area contributed by atoms with Crippen molar-refractivity contribution in [1.82, 2.24) is 20.4 Å². The Hall–Kier alpha value is -6.13. The van der Waals surface area contributed by atoms with E-state index in [9.17, 15) is 24.3 Å². The number of carbonyl (C=O) groups is 4. The van der Waals surface area contributed by atoms with Crippen molar-refractivity contribution in [1.29, 1.82) is 0 Å². The lowest BCUT2D eigenvalue weighted by molar-refractivity contribution is -0.138. The standard InChI is InChI=1S/C57H63ClF2N6O7/c1-34-49-47(31-44(59)52(58)51(49)50-43(54(61)69)16-17-46(53(50)60)72-29-28-67)73-57(34,40-7-3-2-4-8-40)33-62-41-13-10-37(11-14-41)55(70)65-25-18-35(19-26-65)32-64-23-20-36(21-24-64)38-12-15-42-39(30-38)6-5-9-45(42)66-27-22-48(68)63-56(66)71/h2-9,12,15-17,30-31,34-37,41,62,67H,10-11,13-14,18-29,32-33H2,1H3,(H2,61,69)(H,63,68,71). The third-order valence-electron chi connectivity index (χ3n) is 16.3. The maximum absolute atomic E-state index is 16.5. The number of urea groups is 1. The van der Waals surface area contributed by atoms with Crippen LogP contribution in [-0.2, 0) is 15.2 Å². The topological polar surface area (TPSA) is 167 Å². The number of amides is 5. The van der Waals surface area contributed by atoms with Crippen molar-refractivity contribution in [3.63, 3.8) is 0 Å². The molecule has 0 bridgehead atoms. The molecule has 5 amide bonds. The zero-order chi connectivity index (χ0) is 51.0. The Morgan fingerprint density at radius 3 is 2.36 bits per heavy atom. The van der Waals surface area contributed by atoms with Crippen molar-refractivity contribution in [2.45, 2.75) is 88.2 Å². The quantitative estimate of drug-likeness (QED) is 0.0849. The first-order valence-electron chi connectivity index (χ1n) is 25.8. The largest absolute Gasteiger partial charge is 0.488 e. The number of hydrogen-bond acceptors (Lipinski definition) is 9. The Bertz CT molecular complexity index is 2900. The highest BCUT2D eigenvalue weighted by Gasteiger charge is 2.50. The summed E-state index contributed by atoms with van der Waals surface area (Å²) in [7, 11) is 0. The fraction of sp³-hybridized carbons (Fsp3) is 0.439. The molecule has 4 fully saturated rings. The molecule has 5 aliphatic rings. The van der Waals surface area contributed by atoms with Gasteiger partial charge >= 0.3 is 6.03 Å². The molecule has 0 aromatic heterocycles. The van der Waals surface area contributed by atoms with Crippen molar-refractivity contribution < 1.29 is 42.5 Å². The molecule has 13 nitrogen and oxygen atoms in total. The van der Waals surface area contributed by atoms with E-state index in [2.05, 4.69) is 44.7 Å². The van der Waals surface area contributed by atoms with Crippen LogP contribution in [-0.4, -0.2) is 104 Å². The second-order valence-electron chi connectivity index (χ2n) is 20.6. The second-order valence-corrected chi connectivity index (χ2v) is 20.9. The predicted molar refractivity (Wildman–Crippen MR) is 276 cm³/mol. The van der Waals surface area contributed by atoms with E-state index in [1.54, 1.807) is 4.90 Å². The molecule has 1 saturated carbocycles. The van der Waals surface area contributed by atoms with Crippen LogP contribution in [0.4, 0.5) is 19.3 Å². The van der Waals surface area contributed by atoms with E-state index < -0.39 is 29.1 Å². The van der Waals surface area contributed by atoms with E-state index in [4.69, 9.17) is 26.8 Å². The summed E-state index contributed by atoms with van der Waals surface area (Å²) in [6, 6.07) is 25.6. The number of aliphatic hydroxyl groups is 1. The Kier molecular flexibility index (Phi) is 14.8. The molecule has 2 unspecified atom stereocenters. The van der Waals surface area contributed by atoms with Crippen LogP contribution in [0, 0.1) is 23.5 Å². The number of benzene rings is 5. The Morgan fingerprint density at radius 1 is 0.890 bits per heavy atom. The number of carbonyl (C=O) groups excluding carboxylic acids is 4. The number of ether oxygens (including phenoxy) is 2. The minimum absolute atomic E-state index is 0.0431. The molecule has 384 valence electrons. The van der Waals surface area contributed by atoms with Gasteiger partial charge in [-0.3, -0.25) is 24.6 Å². The fourth-order valence-corrected chi connectivity index (χ4v) is 12.6. The van der Waals surface area contributed by atoms with Crippen LogP contribution in [0.3, 0.4) is 0 Å². The van der Waals surface area contributed by atoms with Gasteiger partial charge in [0.2, 0.25) is 17.7 Å². The average molecular weight is 1020 g/mol. The molecule has 4 aliphatic heterocycles. The number of nitrogens with zero attached hydrogens (tertiary/aromatic N) is 3. The van der Waals surface area contributed by atoms with Gasteiger partial charge in [0.25, 0.3) is 0 Å².